The van der Waals surface area contributed by atoms with Gasteiger partial charge in [-0.1, -0.05) is 35.4 Å². The lowest BCUT2D eigenvalue weighted by molar-refractivity contribution is -0.113. The van der Waals surface area contributed by atoms with Gasteiger partial charge >= 0.3 is 0 Å². The van der Waals surface area contributed by atoms with Gasteiger partial charge in [-0.3, -0.25) is 4.79 Å². The second-order valence-corrected chi connectivity index (χ2v) is 9.54. The molecule has 2 heterocycles. The van der Waals surface area contributed by atoms with Crippen LogP contribution in [-0.4, -0.2) is 61.9 Å². The van der Waals surface area contributed by atoms with Crippen molar-refractivity contribution in [3.8, 4) is 0 Å². The zero-order chi connectivity index (χ0) is 19.9. The predicted octanol–water partition coefficient (Wildman–Crippen LogP) is 2.22. The lowest BCUT2D eigenvalue weighted by atomic mass is 10.0. The molecule has 0 aliphatic carbocycles. The normalized spacial score (nSPS) is 22.9. The Morgan fingerprint density at radius 3 is 2.07 bits per heavy atom. The molecule has 2 saturated heterocycles. The first-order chi connectivity index (χ1) is 13.3. The number of fused-ring (bicyclic) bond motifs is 2. The summed E-state index contributed by atoms with van der Waals surface area (Å²) in [4.78, 5) is 15.1. The van der Waals surface area contributed by atoms with Gasteiger partial charge in [0.25, 0.3) is 5.91 Å². The van der Waals surface area contributed by atoms with Crippen molar-refractivity contribution in [1.82, 2.24) is 9.21 Å². The van der Waals surface area contributed by atoms with E-state index in [-0.39, 0.29) is 36.1 Å². The number of nitrogens with zero attached hydrogens (tertiary/aromatic N) is 2. The average Bonchev–Trinajstić information content (AvgIpc) is 2.66. The van der Waals surface area contributed by atoms with Crippen molar-refractivity contribution in [2.75, 3.05) is 26.2 Å². The number of carbonyl (C=O) groups excluding carboxylic acids is 1. The highest BCUT2D eigenvalue weighted by Crippen LogP contribution is 2.26. The fourth-order valence-electron chi connectivity index (χ4n) is 4.04. The van der Waals surface area contributed by atoms with Gasteiger partial charge in [0, 0.05) is 31.7 Å². The highest BCUT2D eigenvalue weighted by molar-refractivity contribution is 7.89. The number of rotatable bonds is 3. The number of hydrogen-bond acceptors (Lipinski definition) is 4. The molecule has 2 aromatic rings. The van der Waals surface area contributed by atoms with E-state index >= 15 is 0 Å². The highest BCUT2D eigenvalue weighted by atomic mass is 32.2. The van der Waals surface area contributed by atoms with E-state index in [1.54, 1.807) is 35.2 Å². The molecule has 148 valence electrons. The topological polar surface area (TPSA) is 66.9 Å². The predicted molar refractivity (Wildman–Crippen MR) is 106 cm³/mol. The number of benzene rings is 2. The molecule has 2 aliphatic rings. The van der Waals surface area contributed by atoms with Crippen LogP contribution in [0, 0.1) is 13.8 Å². The molecule has 1 amide bonds. The van der Waals surface area contributed by atoms with Crippen LogP contribution in [0.1, 0.15) is 21.5 Å². The first kappa shape index (κ1) is 19.1. The van der Waals surface area contributed by atoms with Gasteiger partial charge in [0.05, 0.1) is 17.1 Å². The number of ether oxygens (including phenoxy) is 1. The molecule has 0 aromatic heterocycles. The van der Waals surface area contributed by atoms with Gasteiger partial charge in [0.2, 0.25) is 10.0 Å². The monoisotopic (exact) mass is 400 g/mol. The van der Waals surface area contributed by atoms with Crippen LogP contribution in [-0.2, 0) is 14.8 Å². The van der Waals surface area contributed by atoms with Crippen LogP contribution in [0.2, 0.25) is 0 Å². The molecule has 2 aromatic carbocycles. The number of carbonyl (C=O) groups is 1. The Labute approximate surface area is 165 Å². The summed E-state index contributed by atoms with van der Waals surface area (Å²) in [6.45, 7) is 5.25. The Balaban J connectivity index is 1.50. The van der Waals surface area contributed by atoms with Crippen molar-refractivity contribution in [1.29, 1.82) is 0 Å². The molecule has 4 rings (SSSR count). The zero-order valence-corrected chi connectivity index (χ0v) is 16.9. The second-order valence-electron chi connectivity index (χ2n) is 7.60. The van der Waals surface area contributed by atoms with Crippen molar-refractivity contribution in [3.05, 3.63) is 65.2 Å². The fraction of sp³-hybridized carbons (Fsp3) is 0.381. The number of morpholine rings is 2. The molecule has 2 bridgehead atoms. The van der Waals surface area contributed by atoms with E-state index < -0.39 is 10.0 Å². The molecule has 28 heavy (non-hydrogen) atoms. The quantitative estimate of drug-likeness (QED) is 0.792. The lowest BCUT2D eigenvalue weighted by Crippen LogP contribution is -2.61. The largest absolute Gasteiger partial charge is 0.369 e. The van der Waals surface area contributed by atoms with Crippen LogP contribution in [0.3, 0.4) is 0 Å². The van der Waals surface area contributed by atoms with Gasteiger partial charge in [-0.05, 0) is 38.1 Å². The summed E-state index contributed by atoms with van der Waals surface area (Å²) in [5, 5.41) is 0. The highest BCUT2D eigenvalue weighted by Gasteiger charge is 2.41. The lowest BCUT2D eigenvalue weighted by Gasteiger charge is -2.45. The summed E-state index contributed by atoms with van der Waals surface area (Å²) in [7, 11) is -3.56. The Morgan fingerprint density at radius 1 is 0.929 bits per heavy atom. The summed E-state index contributed by atoms with van der Waals surface area (Å²) in [5.41, 5.74) is 2.78. The van der Waals surface area contributed by atoms with Gasteiger partial charge in [0.1, 0.15) is 0 Å². The maximum absolute atomic E-state index is 13.0. The summed E-state index contributed by atoms with van der Waals surface area (Å²) in [5.74, 6) is -0.0236. The van der Waals surface area contributed by atoms with Gasteiger partial charge in [-0.15, -0.1) is 0 Å². The number of aryl methyl sites for hydroxylation is 2. The Hall–Kier alpha value is -2.22. The molecule has 2 atom stereocenters. The minimum atomic E-state index is -3.56. The number of sulfonamides is 1. The van der Waals surface area contributed by atoms with Crippen molar-refractivity contribution in [3.63, 3.8) is 0 Å². The fourth-order valence-corrected chi connectivity index (χ4v) is 5.56. The third-order valence-corrected chi connectivity index (χ3v) is 7.03. The minimum Gasteiger partial charge on any atom is -0.369 e. The maximum Gasteiger partial charge on any atom is 0.254 e. The van der Waals surface area contributed by atoms with Crippen LogP contribution in [0.25, 0.3) is 0 Å². The molecule has 0 spiro atoms. The van der Waals surface area contributed by atoms with E-state index in [9.17, 15) is 13.2 Å². The molecule has 0 N–H and O–H groups in total. The van der Waals surface area contributed by atoms with E-state index in [0.717, 1.165) is 11.1 Å². The Kier molecular flexibility index (Phi) is 4.99. The van der Waals surface area contributed by atoms with Crippen molar-refractivity contribution in [2.24, 2.45) is 0 Å². The van der Waals surface area contributed by atoms with E-state index in [4.69, 9.17) is 4.74 Å². The van der Waals surface area contributed by atoms with Gasteiger partial charge in [-0.25, -0.2) is 8.42 Å². The third-order valence-electron chi connectivity index (χ3n) is 5.18. The standard InChI is InChI=1S/C21H24N2O4S/c1-15-8-16(2)10-17(9-15)21(24)22-11-18-13-23(14-19(12-22)27-18)28(25,26)20-6-4-3-5-7-20/h3-10,18-19H,11-14H2,1-2H3. The summed E-state index contributed by atoms with van der Waals surface area (Å²) >= 11 is 0. The maximum atomic E-state index is 13.0. The van der Waals surface area contributed by atoms with E-state index in [2.05, 4.69) is 0 Å². The minimum absolute atomic E-state index is 0.0236. The van der Waals surface area contributed by atoms with Crippen LogP contribution in [0.5, 0.6) is 0 Å². The van der Waals surface area contributed by atoms with E-state index in [1.807, 2.05) is 32.0 Å². The van der Waals surface area contributed by atoms with E-state index in [0.29, 0.717) is 18.7 Å². The van der Waals surface area contributed by atoms with Crippen molar-refractivity contribution in [2.45, 2.75) is 31.0 Å². The molecule has 7 heteroatoms. The first-order valence-electron chi connectivity index (χ1n) is 9.41. The summed E-state index contributed by atoms with van der Waals surface area (Å²) < 4.78 is 33.3. The van der Waals surface area contributed by atoms with Crippen LogP contribution in [0.15, 0.2) is 53.4 Å². The summed E-state index contributed by atoms with van der Waals surface area (Å²) in [6.07, 6.45) is -0.637. The Bertz CT molecular complexity index is 956. The molecule has 2 aliphatic heterocycles. The molecule has 0 saturated carbocycles. The van der Waals surface area contributed by atoms with Crippen molar-refractivity contribution < 1.29 is 17.9 Å². The van der Waals surface area contributed by atoms with Crippen LogP contribution >= 0.6 is 0 Å². The van der Waals surface area contributed by atoms with Gasteiger partial charge < -0.3 is 9.64 Å². The molecule has 6 nitrogen and oxygen atoms in total. The number of hydrogen-bond donors (Lipinski definition) is 0. The number of amides is 1. The zero-order valence-electron chi connectivity index (χ0n) is 16.0. The van der Waals surface area contributed by atoms with E-state index in [1.165, 1.54) is 4.31 Å². The third kappa shape index (κ3) is 3.70. The smallest absolute Gasteiger partial charge is 0.254 e. The average molecular weight is 401 g/mol. The van der Waals surface area contributed by atoms with Crippen LogP contribution in [0.4, 0.5) is 0 Å². The first-order valence-corrected chi connectivity index (χ1v) is 10.8. The van der Waals surface area contributed by atoms with Gasteiger partial charge in [0.15, 0.2) is 0 Å². The summed E-state index contributed by atoms with van der Waals surface area (Å²) in [6, 6.07) is 14.3. The second kappa shape index (κ2) is 7.31. The molecule has 0 radical (unpaired) electrons. The molecular weight excluding hydrogens is 376 g/mol. The molecule has 2 fully saturated rings. The van der Waals surface area contributed by atoms with Crippen molar-refractivity contribution >= 4 is 15.9 Å². The van der Waals surface area contributed by atoms with Gasteiger partial charge in [-0.2, -0.15) is 4.31 Å². The SMILES string of the molecule is Cc1cc(C)cc(C(=O)N2CC3CN(S(=O)(=O)c4ccccc4)CC(C2)O3)c1. The molecule has 2 unspecified atom stereocenters. The Morgan fingerprint density at radius 2 is 1.50 bits per heavy atom. The van der Waals surface area contributed by atoms with Crippen LogP contribution < -0.4 is 0 Å². The molecular formula is C21H24N2O4S.